The molecular weight excluding hydrogens is 341 g/mol. The van der Waals surface area contributed by atoms with Gasteiger partial charge in [0, 0.05) is 11.8 Å². The predicted octanol–water partition coefficient (Wildman–Crippen LogP) is 0.783. The summed E-state index contributed by atoms with van der Waals surface area (Å²) in [5.41, 5.74) is 0.0637. The summed E-state index contributed by atoms with van der Waals surface area (Å²) >= 11 is 0. The van der Waals surface area contributed by atoms with Crippen molar-refractivity contribution >= 4 is 21.8 Å². The van der Waals surface area contributed by atoms with Gasteiger partial charge in [0.1, 0.15) is 18.0 Å². The van der Waals surface area contributed by atoms with E-state index in [1.807, 2.05) is 0 Å². The van der Waals surface area contributed by atoms with Gasteiger partial charge in [0.25, 0.3) is 5.91 Å². The number of hydrogen-bond donors (Lipinski definition) is 2. The first-order chi connectivity index (χ1) is 11.3. The highest BCUT2D eigenvalue weighted by molar-refractivity contribution is 7.92. The minimum absolute atomic E-state index is 0.217. The number of rotatable bonds is 3. The van der Waals surface area contributed by atoms with Gasteiger partial charge in [-0.2, -0.15) is 8.42 Å². The molecule has 0 saturated carbocycles. The van der Waals surface area contributed by atoms with E-state index in [1.54, 1.807) is 16.9 Å². The van der Waals surface area contributed by atoms with E-state index < -0.39 is 39.9 Å². The molecule has 8 nitrogen and oxygen atoms in total. The number of hydrogen-bond acceptors (Lipinski definition) is 6. The zero-order valence-corrected chi connectivity index (χ0v) is 13.2. The Bertz CT molecular complexity index is 909. The van der Waals surface area contributed by atoms with Gasteiger partial charge in [-0.3, -0.25) is 4.79 Å². The number of phenols is 1. The molecule has 1 aromatic heterocycles. The zero-order valence-electron chi connectivity index (χ0n) is 12.4. The Morgan fingerprint density at radius 3 is 2.75 bits per heavy atom. The predicted molar refractivity (Wildman–Crippen MR) is 82.3 cm³/mol. The minimum atomic E-state index is -4.23. The van der Waals surface area contributed by atoms with Crippen LogP contribution in [0.4, 0.5) is 10.1 Å². The number of benzene rings is 1. The Morgan fingerprint density at radius 2 is 2.17 bits per heavy atom. The lowest BCUT2D eigenvalue weighted by molar-refractivity contribution is -0.117. The molecule has 2 heterocycles. The SMILES string of the molecule is COc1ncccc1-c1cc(O)c(N2CC(=O)NS2(=O)=O)c(F)c1. The maximum absolute atomic E-state index is 14.5. The first kappa shape index (κ1) is 16.0. The summed E-state index contributed by atoms with van der Waals surface area (Å²) in [7, 11) is -2.83. The van der Waals surface area contributed by atoms with E-state index in [9.17, 15) is 22.7 Å². The Labute approximate surface area is 136 Å². The lowest BCUT2D eigenvalue weighted by atomic mass is 10.1. The van der Waals surface area contributed by atoms with Crippen LogP contribution in [0.1, 0.15) is 0 Å². The van der Waals surface area contributed by atoms with E-state index in [2.05, 4.69) is 4.98 Å². The second-order valence-corrected chi connectivity index (χ2v) is 6.52. The van der Waals surface area contributed by atoms with Gasteiger partial charge in [-0.05, 0) is 29.8 Å². The van der Waals surface area contributed by atoms with Gasteiger partial charge in [0.15, 0.2) is 5.82 Å². The van der Waals surface area contributed by atoms with Crippen LogP contribution in [-0.4, -0.2) is 38.1 Å². The average Bonchev–Trinajstić information content (AvgIpc) is 2.79. The highest BCUT2D eigenvalue weighted by atomic mass is 32.2. The molecule has 0 atom stereocenters. The highest BCUT2D eigenvalue weighted by Gasteiger charge is 2.37. The fourth-order valence-corrected chi connectivity index (χ4v) is 3.58. The Kier molecular flexibility index (Phi) is 3.76. The normalized spacial score (nSPS) is 16.1. The number of phenolic OH excluding ortho intramolecular Hbond substituents is 1. The second-order valence-electron chi connectivity index (χ2n) is 4.92. The first-order valence-corrected chi connectivity index (χ1v) is 8.12. The summed E-state index contributed by atoms with van der Waals surface area (Å²) in [6.45, 7) is -0.609. The Morgan fingerprint density at radius 1 is 1.42 bits per heavy atom. The number of carbonyl (C=O) groups excluding carboxylic acids is 1. The van der Waals surface area contributed by atoms with Gasteiger partial charge < -0.3 is 9.84 Å². The molecule has 2 N–H and O–H groups in total. The van der Waals surface area contributed by atoms with Crippen LogP contribution < -0.4 is 13.8 Å². The third kappa shape index (κ3) is 2.60. The number of carbonyl (C=O) groups is 1. The van der Waals surface area contributed by atoms with Gasteiger partial charge in [-0.25, -0.2) is 18.4 Å². The Hall–Kier alpha value is -2.88. The number of anilines is 1. The minimum Gasteiger partial charge on any atom is -0.506 e. The molecule has 1 amide bonds. The molecule has 1 aliphatic heterocycles. The number of amides is 1. The van der Waals surface area contributed by atoms with Gasteiger partial charge in [-0.1, -0.05) is 0 Å². The van der Waals surface area contributed by atoms with Crippen molar-refractivity contribution in [2.24, 2.45) is 0 Å². The van der Waals surface area contributed by atoms with Crippen LogP contribution in [-0.2, 0) is 15.0 Å². The van der Waals surface area contributed by atoms with Crippen molar-refractivity contribution in [3.63, 3.8) is 0 Å². The smallest absolute Gasteiger partial charge is 0.326 e. The molecule has 126 valence electrons. The van der Waals surface area contributed by atoms with E-state index in [0.29, 0.717) is 9.87 Å². The van der Waals surface area contributed by atoms with Crippen LogP contribution in [0.25, 0.3) is 11.1 Å². The summed E-state index contributed by atoms with van der Waals surface area (Å²) in [4.78, 5) is 15.3. The summed E-state index contributed by atoms with van der Waals surface area (Å²) in [5.74, 6) is -2.23. The van der Waals surface area contributed by atoms with Crippen LogP contribution in [0.15, 0.2) is 30.5 Å². The number of aromatic hydroxyl groups is 1. The van der Waals surface area contributed by atoms with Gasteiger partial charge >= 0.3 is 10.2 Å². The van der Waals surface area contributed by atoms with Gasteiger partial charge in [0.05, 0.1) is 7.11 Å². The number of halogens is 1. The van der Waals surface area contributed by atoms with E-state index in [1.165, 1.54) is 19.4 Å². The summed E-state index contributed by atoms with van der Waals surface area (Å²) in [6, 6.07) is 5.43. The fraction of sp³-hybridized carbons (Fsp3) is 0.143. The lowest BCUT2D eigenvalue weighted by Gasteiger charge is -2.18. The Balaban J connectivity index is 2.12. The highest BCUT2D eigenvalue weighted by Crippen LogP contribution is 2.39. The topological polar surface area (TPSA) is 109 Å². The number of pyridine rings is 1. The molecule has 1 aromatic carbocycles. The maximum atomic E-state index is 14.5. The maximum Gasteiger partial charge on any atom is 0.326 e. The molecule has 24 heavy (non-hydrogen) atoms. The number of aromatic nitrogens is 1. The molecule has 1 aliphatic rings. The van der Waals surface area contributed by atoms with Crippen molar-refractivity contribution in [1.29, 1.82) is 0 Å². The summed E-state index contributed by atoms with van der Waals surface area (Å²) < 4.78 is 45.4. The van der Waals surface area contributed by atoms with Crippen LogP contribution >= 0.6 is 0 Å². The first-order valence-electron chi connectivity index (χ1n) is 6.68. The third-order valence-electron chi connectivity index (χ3n) is 3.39. The number of ether oxygens (including phenoxy) is 1. The van der Waals surface area contributed by atoms with Gasteiger partial charge in [-0.15, -0.1) is 0 Å². The van der Waals surface area contributed by atoms with E-state index in [0.717, 1.165) is 6.07 Å². The van der Waals surface area contributed by atoms with Crippen molar-refractivity contribution in [2.45, 2.75) is 0 Å². The standard InChI is InChI=1S/C14H12FN3O5S/c1-23-14-9(3-2-4-16-14)8-5-10(15)13(11(19)6-8)18-7-12(20)17-24(18,21)22/h2-6,19H,7H2,1H3,(H,17,20). The lowest BCUT2D eigenvalue weighted by Crippen LogP contribution is -2.30. The monoisotopic (exact) mass is 353 g/mol. The number of nitrogens with zero attached hydrogens (tertiary/aromatic N) is 2. The summed E-state index contributed by atoms with van der Waals surface area (Å²) in [5, 5.41) is 10.1. The van der Waals surface area contributed by atoms with Crippen molar-refractivity contribution in [1.82, 2.24) is 9.71 Å². The molecule has 0 bridgehead atoms. The van der Waals surface area contributed by atoms with E-state index in [4.69, 9.17) is 4.74 Å². The van der Waals surface area contributed by atoms with Crippen LogP contribution in [0.5, 0.6) is 11.6 Å². The van der Waals surface area contributed by atoms with Crippen LogP contribution in [0, 0.1) is 5.82 Å². The molecular formula is C14H12FN3O5S. The van der Waals surface area contributed by atoms with Crippen LogP contribution in [0.2, 0.25) is 0 Å². The molecule has 0 aliphatic carbocycles. The van der Waals surface area contributed by atoms with Gasteiger partial charge in [0.2, 0.25) is 5.88 Å². The number of methoxy groups -OCH3 is 1. The van der Waals surface area contributed by atoms with Crippen molar-refractivity contribution < 1.29 is 27.4 Å². The van der Waals surface area contributed by atoms with E-state index in [-0.39, 0.29) is 11.4 Å². The molecule has 3 rings (SSSR count). The molecule has 0 unspecified atom stereocenters. The fourth-order valence-electron chi connectivity index (χ4n) is 2.41. The number of nitrogens with one attached hydrogen (secondary N) is 1. The quantitative estimate of drug-likeness (QED) is 0.844. The van der Waals surface area contributed by atoms with Crippen molar-refractivity contribution in [2.75, 3.05) is 18.0 Å². The molecule has 1 saturated heterocycles. The largest absolute Gasteiger partial charge is 0.506 e. The zero-order chi connectivity index (χ0) is 17.5. The van der Waals surface area contributed by atoms with Crippen molar-refractivity contribution in [3.8, 4) is 22.8 Å². The molecule has 0 radical (unpaired) electrons. The average molecular weight is 353 g/mol. The molecule has 1 fully saturated rings. The van der Waals surface area contributed by atoms with Crippen LogP contribution in [0.3, 0.4) is 0 Å². The second kappa shape index (κ2) is 5.64. The van der Waals surface area contributed by atoms with Crippen molar-refractivity contribution in [3.05, 3.63) is 36.3 Å². The van der Waals surface area contributed by atoms with E-state index >= 15 is 0 Å². The molecule has 0 spiro atoms. The summed E-state index contributed by atoms with van der Waals surface area (Å²) in [6.07, 6.45) is 1.49. The molecule has 10 heteroatoms. The third-order valence-corrected chi connectivity index (χ3v) is 4.77. The molecule has 2 aromatic rings.